The smallest absolute Gasteiger partial charge is 0.132 e. The van der Waals surface area contributed by atoms with Crippen molar-refractivity contribution in [3.63, 3.8) is 0 Å². The molecule has 254 valence electrons. The summed E-state index contributed by atoms with van der Waals surface area (Å²) in [5, 5.41) is 15.3. The summed E-state index contributed by atoms with van der Waals surface area (Å²) < 4.78 is 6.72. The number of aliphatic imine (C=N–C) groups is 1. The molecule has 52 heavy (non-hydrogen) atoms. The molecule has 0 radical (unpaired) electrons. The lowest BCUT2D eigenvalue weighted by atomic mass is 9.80. The zero-order valence-corrected chi connectivity index (χ0v) is 29.3. The highest BCUT2D eigenvalue weighted by atomic mass is 16.5. The van der Waals surface area contributed by atoms with Gasteiger partial charge in [0.25, 0.3) is 0 Å². The van der Waals surface area contributed by atoms with Crippen LogP contribution < -0.4 is 10.5 Å². The minimum atomic E-state index is -0.169. The second kappa shape index (κ2) is 14.1. The van der Waals surface area contributed by atoms with E-state index in [2.05, 4.69) is 105 Å². The normalized spacial score (nSPS) is 18.2. The van der Waals surface area contributed by atoms with Gasteiger partial charge in [-0.25, -0.2) is 4.99 Å². The van der Waals surface area contributed by atoms with Crippen LogP contribution in [0.4, 0.5) is 0 Å². The molecule has 0 amide bonds. The maximum absolute atomic E-state index is 11.2. The van der Waals surface area contributed by atoms with Crippen molar-refractivity contribution in [3.05, 3.63) is 209 Å². The van der Waals surface area contributed by atoms with Crippen molar-refractivity contribution in [3.8, 4) is 5.75 Å². The molecule has 8 rings (SSSR count). The number of allylic oxidation sites excluding steroid dienone is 6. The molecule has 0 spiro atoms. The first-order chi connectivity index (χ1) is 25.5. The number of nitrogens with zero attached hydrogens (tertiary/aromatic N) is 1. The standard InChI is InChI=1S/C48H40N2O2/c1-31(27-28-44(51)39-25-13-20-34-17-9-10-21-37(34)39)36-24-14-26-45-46(36)42-30-41(38-22-11-12-23-40(38)47(42)52-45)48(49)50-43(35-18-7-4-8-19-35)29-32(2)33-15-5-3-6-16-33/h3-30,32,45-46,51H,1-2H3,(H2,49,50)/b31-27+,43-29-,44-28-. The van der Waals surface area contributed by atoms with Crippen LogP contribution in [0.5, 0.6) is 5.75 Å². The van der Waals surface area contributed by atoms with Gasteiger partial charge in [-0.1, -0.05) is 159 Å². The molecule has 3 unspecified atom stereocenters. The summed E-state index contributed by atoms with van der Waals surface area (Å²) in [5.74, 6) is 1.62. The van der Waals surface area contributed by atoms with Crippen LogP contribution in [0.3, 0.4) is 0 Å². The van der Waals surface area contributed by atoms with Gasteiger partial charge in [0.2, 0.25) is 0 Å². The second-order valence-corrected chi connectivity index (χ2v) is 13.5. The number of fused-ring (bicyclic) bond motifs is 6. The summed E-state index contributed by atoms with van der Waals surface area (Å²) in [7, 11) is 0. The largest absolute Gasteiger partial charge is 0.507 e. The van der Waals surface area contributed by atoms with Gasteiger partial charge in [0.1, 0.15) is 23.4 Å². The van der Waals surface area contributed by atoms with Gasteiger partial charge in [-0.05, 0) is 63.6 Å². The average Bonchev–Trinajstić information content (AvgIpc) is 3.59. The van der Waals surface area contributed by atoms with Gasteiger partial charge in [0, 0.05) is 28.0 Å². The Morgan fingerprint density at radius 2 is 1.44 bits per heavy atom. The summed E-state index contributed by atoms with van der Waals surface area (Å²) in [6.45, 7) is 4.28. The van der Waals surface area contributed by atoms with Crippen LogP contribution in [-0.2, 0) is 0 Å². The molecule has 0 aromatic heterocycles. The Bertz CT molecular complexity index is 2480. The number of hydrogen-bond donors (Lipinski definition) is 2. The highest BCUT2D eigenvalue weighted by molar-refractivity contribution is 6.12. The van der Waals surface area contributed by atoms with Crippen LogP contribution in [0, 0.1) is 0 Å². The van der Waals surface area contributed by atoms with Crippen molar-refractivity contribution < 1.29 is 9.84 Å². The van der Waals surface area contributed by atoms with Crippen molar-refractivity contribution in [2.24, 2.45) is 10.7 Å². The zero-order valence-electron chi connectivity index (χ0n) is 29.3. The van der Waals surface area contributed by atoms with Gasteiger partial charge in [0.05, 0.1) is 11.6 Å². The Labute approximate surface area is 304 Å². The molecular weight excluding hydrogens is 637 g/mol. The number of benzene rings is 6. The highest BCUT2D eigenvalue weighted by Gasteiger charge is 2.39. The van der Waals surface area contributed by atoms with E-state index < -0.39 is 0 Å². The van der Waals surface area contributed by atoms with Gasteiger partial charge >= 0.3 is 0 Å². The number of ether oxygens (including phenoxy) is 1. The predicted octanol–water partition coefficient (Wildman–Crippen LogP) is 11.4. The molecule has 6 aromatic carbocycles. The third kappa shape index (κ3) is 6.24. The quantitative estimate of drug-likeness (QED) is 0.0730. The Kier molecular flexibility index (Phi) is 8.88. The van der Waals surface area contributed by atoms with Gasteiger partial charge in [0.15, 0.2) is 0 Å². The molecule has 1 heterocycles. The fourth-order valence-corrected chi connectivity index (χ4v) is 7.50. The van der Waals surface area contributed by atoms with E-state index in [0.29, 0.717) is 5.84 Å². The number of amidine groups is 1. The third-order valence-electron chi connectivity index (χ3n) is 10.2. The number of aliphatic hydroxyl groups excluding tert-OH is 1. The SMILES string of the molecule is C/C(=C\C=C(/O)c1cccc2ccccc12)C1=CC=CC2Oc3c(cc(C(N)=N/C(=C\C(C)c4ccccc4)c4ccccc4)c4ccccc34)C12. The van der Waals surface area contributed by atoms with E-state index in [-0.39, 0.29) is 23.7 Å². The van der Waals surface area contributed by atoms with Crippen molar-refractivity contribution in [2.45, 2.75) is 31.8 Å². The van der Waals surface area contributed by atoms with E-state index in [1.807, 2.05) is 72.8 Å². The van der Waals surface area contributed by atoms with E-state index in [9.17, 15) is 5.11 Å². The zero-order chi connectivity index (χ0) is 35.6. The molecule has 0 saturated carbocycles. The molecular formula is C48H40N2O2. The van der Waals surface area contributed by atoms with Crippen LogP contribution in [0.1, 0.15) is 53.5 Å². The fourth-order valence-electron chi connectivity index (χ4n) is 7.50. The maximum Gasteiger partial charge on any atom is 0.132 e. The number of hydrogen-bond acceptors (Lipinski definition) is 3. The van der Waals surface area contributed by atoms with E-state index in [4.69, 9.17) is 15.5 Å². The number of aliphatic hydroxyl groups is 1. The van der Waals surface area contributed by atoms with Crippen molar-refractivity contribution >= 4 is 38.8 Å². The summed E-state index contributed by atoms with van der Waals surface area (Å²) in [4.78, 5) is 5.15. The minimum Gasteiger partial charge on any atom is -0.507 e. The van der Waals surface area contributed by atoms with Crippen molar-refractivity contribution in [1.29, 1.82) is 0 Å². The Hall–Kier alpha value is -6.39. The molecule has 2 aliphatic rings. The number of rotatable bonds is 8. The maximum atomic E-state index is 11.2. The molecule has 1 aliphatic carbocycles. The average molecular weight is 677 g/mol. The first-order valence-corrected chi connectivity index (χ1v) is 17.8. The van der Waals surface area contributed by atoms with Crippen LogP contribution in [0.25, 0.3) is 33.0 Å². The molecule has 3 N–H and O–H groups in total. The summed E-state index contributed by atoms with van der Waals surface area (Å²) in [6, 6.07) is 45.2. The third-order valence-corrected chi connectivity index (χ3v) is 10.2. The first-order valence-electron chi connectivity index (χ1n) is 17.8. The Morgan fingerprint density at radius 3 is 2.23 bits per heavy atom. The van der Waals surface area contributed by atoms with Crippen LogP contribution in [-0.4, -0.2) is 17.0 Å². The summed E-state index contributed by atoms with van der Waals surface area (Å²) in [5.41, 5.74) is 15.0. The van der Waals surface area contributed by atoms with Crippen molar-refractivity contribution in [2.75, 3.05) is 0 Å². The van der Waals surface area contributed by atoms with Crippen LogP contribution in [0.2, 0.25) is 0 Å². The Balaban J connectivity index is 1.20. The lowest BCUT2D eigenvalue weighted by molar-refractivity contribution is 0.268. The van der Waals surface area contributed by atoms with E-state index in [1.54, 1.807) is 6.08 Å². The monoisotopic (exact) mass is 676 g/mol. The molecule has 4 nitrogen and oxygen atoms in total. The molecule has 0 fully saturated rings. The molecule has 3 atom stereocenters. The predicted molar refractivity (Wildman–Crippen MR) is 217 cm³/mol. The second-order valence-electron chi connectivity index (χ2n) is 13.5. The molecule has 0 saturated heterocycles. The topological polar surface area (TPSA) is 67.8 Å². The minimum absolute atomic E-state index is 0.0530. The van der Waals surface area contributed by atoms with Gasteiger partial charge in [-0.3, -0.25) is 0 Å². The Morgan fingerprint density at radius 1 is 0.769 bits per heavy atom. The van der Waals surface area contributed by atoms with Gasteiger partial charge in [-0.2, -0.15) is 0 Å². The number of nitrogens with two attached hydrogens (primary N) is 1. The fraction of sp³-hybridized carbons (Fsp3) is 0.104. The van der Waals surface area contributed by atoms with Gasteiger partial charge in [-0.15, -0.1) is 0 Å². The molecule has 6 aromatic rings. The lowest BCUT2D eigenvalue weighted by Gasteiger charge is -2.23. The summed E-state index contributed by atoms with van der Waals surface area (Å²) in [6.07, 6.45) is 12.2. The van der Waals surface area contributed by atoms with Gasteiger partial charge < -0.3 is 15.6 Å². The van der Waals surface area contributed by atoms with E-state index in [0.717, 1.165) is 66.4 Å². The lowest BCUT2D eigenvalue weighted by Crippen LogP contribution is -2.20. The van der Waals surface area contributed by atoms with Crippen LogP contribution >= 0.6 is 0 Å². The molecule has 1 aliphatic heterocycles. The summed E-state index contributed by atoms with van der Waals surface area (Å²) >= 11 is 0. The molecule has 4 heteroatoms. The first kappa shape index (κ1) is 32.8. The van der Waals surface area contributed by atoms with Crippen molar-refractivity contribution in [1.82, 2.24) is 0 Å². The van der Waals surface area contributed by atoms with E-state index in [1.165, 1.54) is 5.56 Å². The highest BCUT2D eigenvalue weighted by Crippen LogP contribution is 2.50. The molecule has 0 bridgehead atoms. The van der Waals surface area contributed by atoms with E-state index >= 15 is 0 Å². The van der Waals surface area contributed by atoms with Crippen LogP contribution in [0.15, 0.2) is 186 Å².